The molecule has 1 aliphatic rings. The van der Waals surface area contributed by atoms with Gasteiger partial charge in [-0.2, -0.15) is 0 Å². The fourth-order valence-electron chi connectivity index (χ4n) is 2.48. The zero-order valence-electron chi connectivity index (χ0n) is 10.7. The molecule has 0 bridgehead atoms. The van der Waals surface area contributed by atoms with E-state index in [0.717, 1.165) is 23.1 Å². The standard InChI is InChI=1S/C14H16N2O3/c1-18-12-4-2-3-9-10(8-19-14(9)12)11-7-13(17)16-6-5-15-11/h2-4,8,11,15H,5-7H2,1H3,(H,16,17). The molecule has 2 N–H and O–H groups in total. The van der Waals surface area contributed by atoms with E-state index >= 15 is 0 Å². The summed E-state index contributed by atoms with van der Waals surface area (Å²) in [7, 11) is 1.62. The van der Waals surface area contributed by atoms with E-state index in [1.165, 1.54) is 0 Å². The Balaban J connectivity index is 2.02. The van der Waals surface area contributed by atoms with Crippen LogP contribution in [0.3, 0.4) is 0 Å². The molecular formula is C14H16N2O3. The molecule has 5 nitrogen and oxygen atoms in total. The highest BCUT2D eigenvalue weighted by molar-refractivity contribution is 5.87. The topological polar surface area (TPSA) is 63.5 Å². The summed E-state index contributed by atoms with van der Waals surface area (Å²) >= 11 is 0. The van der Waals surface area contributed by atoms with Crippen molar-refractivity contribution in [3.05, 3.63) is 30.0 Å². The lowest BCUT2D eigenvalue weighted by molar-refractivity contribution is -0.121. The summed E-state index contributed by atoms with van der Waals surface area (Å²) in [5.74, 6) is 0.772. The first-order valence-corrected chi connectivity index (χ1v) is 6.34. The van der Waals surface area contributed by atoms with E-state index < -0.39 is 0 Å². The van der Waals surface area contributed by atoms with Crippen LogP contribution in [0.25, 0.3) is 11.0 Å². The molecule has 1 fully saturated rings. The molecule has 0 aliphatic carbocycles. The molecule has 1 atom stereocenters. The predicted molar refractivity (Wildman–Crippen MR) is 71.1 cm³/mol. The second kappa shape index (κ2) is 4.93. The Morgan fingerprint density at radius 2 is 2.26 bits per heavy atom. The highest BCUT2D eigenvalue weighted by Crippen LogP contribution is 2.33. The van der Waals surface area contributed by atoms with Gasteiger partial charge in [0.2, 0.25) is 5.91 Å². The second-order valence-corrected chi connectivity index (χ2v) is 4.59. The van der Waals surface area contributed by atoms with E-state index in [1.54, 1.807) is 13.4 Å². The van der Waals surface area contributed by atoms with Crippen molar-refractivity contribution in [2.45, 2.75) is 12.5 Å². The summed E-state index contributed by atoms with van der Waals surface area (Å²) in [6.45, 7) is 1.42. The quantitative estimate of drug-likeness (QED) is 0.860. The van der Waals surface area contributed by atoms with Crippen LogP contribution in [-0.4, -0.2) is 26.1 Å². The van der Waals surface area contributed by atoms with Crippen LogP contribution in [0, 0.1) is 0 Å². The maximum absolute atomic E-state index is 11.6. The smallest absolute Gasteiger partial charge is 0.221 e. The lowest BCUT2D eigenvalue weighted by Gasteiger charge is -2.12. The number of para-hydroxylation sites is 1. The second-order valence-electron chi connectivity index (χ2n) is 4.59. The van der Waals surface area contributed by atoms with Gasteiger partial charge in [-0.25, -0.2) is 0 Å². The number of methoxy groups -OCH3 is 1. The Labute approximate surface area is 110 Å². The van der Waals surface area contributed by atoms with Crippen LogP contribution < -0.4 is 15.4 Å². The van der Waals surface area contributed by atoms with Crippen molar-refractivity contribution in [2.75, 3.05) is 20.2 Å². The molecule has 0 spiro atoms. The van der Waals surface area contributed by atoms with Gasteiger partial charge in [-0.3, -0.25) is 4.79 Å². The highest BCUT2D eigenvalue weighted by Gasteiger charge is 2.22. The van der Waals surface area contributed by atoms with Crippen molar-refractivity contribution in [2.24, 2.45) is 0 Å². The Morgan fingerprint density at radius 1 is 1.37 bits per heavy atom. The van der Waals surface area contributed by atoms with E-state index in [9.17, 15) is 4.79 Å². The number of amides is 1. The predicted octanol–water partition coefficient (Wildman–Crippen LogP) is 1.59. The van der Waals surface area contributed by atoms with Gasteiger partial charge in [0.25, 0.3) is 0 Å². The summed E-state index contributed by atoms with van der Waals surface area (Å²) in [5, 5.41) is 7.20. The van der Waals surface area contributed by atoms with Crippen LogP contribution in [0.4, 0.5) is 0 Å². The van der Waals surface area contributed by atoms with Gasteiger partial charge < -0.3 is 19.8 Å². The molecule has 3 rings (SSSR count). The molecule has 100 valence electrons. The van der Waals surface area contributed by atoms with E-state index in [0.29, 0.717) is 18.7 Å². The minimum atomic E-state index is -0.0177. The first-order chi connectivity index (χ1) is 9.29. The van der Waals surface area contributed by atoms with Crippen LogP contribution in [0.15, 0.2) is 28.9 Å². The number of carbonyl (C=O) groups excluding carboxylic acids is 1. The number of ether oxygens (including phenoxy) is 1. The molecule has 1 amide bonds. The van der Waals surface area contributed by atoms with Crippen molar-refractivity contribution in [3.8, 4) is 5.75 Å². The Morgan fingerprint density at radius 3 is 3.11 bits per heavy atom. The van der Waals surface area contributed by atoms with E-state index in [-0.39, 0.29) is 11.9 Å². The Bertz CT molecular complexity index is 606. The van der Waals surface area contributed by atoms with E-state index in [1.807, 2.05) is 18.2 Å². The van der Waals surface area contributed by atoms with Crippen molar-refractivity contribution in [1.82, 2.24) is 10.6 Å². The summed E-state index contributed by atoms with van der Waals surface area (Å²) < 4.78 is 10.9. The maximum atomic E-state index is 11.6. The van der Waals surface area contributed by atoms with Crippen molar-refractivity contribution < 1.29 is 13.9 Å². The number of rotatable bonds is 2. The molecule has 2 heterocycles. The van der Waals surface area contributed by atoms with Crippen LogP contribution in [0.1, 0.15) is 18.0 Å². The maximum Gasteiger partial charge on any atom is 0.221 e. The molecule has 5 heteroatoms. The average Bonchev–Trinajstić information content (AvgIpc) is 2.74. The van der Waals surface area contributed by atoms with Gasteiger partial charge in [0.05, 0.1) is 13.4 Å². The van der Waals surface area contributed by atoms with Crippen molar-refractivity contribution in [3.63, 3.8) is 0 Å². The van der Waals surface area contributed by atoms with Crippen LogP contribution in [-0.2, 0) is 4.79 Å². The average molecular weight is 260 g/mol. The van der Waals surface area contributed by atoms with E-state index in [2.05, 4.69) is 10.6 Å². The van der Waals surface area contributed by atoms with Crippen LogP contribution in [0.5, 0.6) is 5.75 Å². The largest absolute Gasteiger partial charge is 0.493 e. The van der Waals surface area contributed by atoms with Crippen LogP contribution in [0.2, 0.25) is 0 Å². The van der Waals surface area contributed by atoms with Crippen molar-refractivity contribution in [1.29, 1.82) is 0 Å². The monoisotopic (exact) mass is 260 g/mol. The minimum Gasteiger partial charge on any atom is -0.493 e. The molecule has 1 aromatic heterocycles. The van der Waals surface area contributed by atoms with Gasteiger partial charge in [-0.1, -0.05) is 12.1 Å². The molecular weight excluding hydrogens is 244 g/mol. The number of nitrogens with one attached hydrogen (secondary N) is 2. The third kappa shape index (κ3) is 2.17. The van der Waals surface area contributed by atoms with Gasteiger partial charge in [-0.15, -0.1) is 0 Å². The van der Waals surface area contributed by atoms with Gasteiger partial charge in [0, 0.05) is 36.5 Å². The molecule has 2 aromatic rings. The normalized spacial score (nSPS) is 20.1. The first-order valence-electron chi connectivity index (χ1n) is 6.34. The third-order valence-electron chi connectivity index (χ3n) is 3.42. The molecule has 1 aliphatic heterocycles. The molecule has 0 saturated carbocycles. The molecule has 19 heavy (non-hydrogen) atoms. The fourth-order valence-corrected chi connectivity index (χ4v) is 2.48. The van der Waals surface area contributed by atoms with Gasteiger partial charge in [0.15, 0.2) is 11.3 Å². The van der Waals surface area contributed by atoms with Crippen LogP contribution >= 0.6 is 0 Å². The number of hydrogen-bond acceptors (Lipinski definition) is 4. The molecule has 1 saturated heterocycles. The summed E-state index contributed by atoms with van der Waals surface area (Å²) in [6, 6.07) is 5.76. The summed E-state index contributed by atoms with van der Waals surface area (Å²) in [5.41, 5.74) is 1.73. The minimum absolute atomic E-state index is 0.0177. The molecule has 1 aromatic carbocycles. The molecule has 1 unspecified atom stereocenters. The van der Waals surface area contributed by atoms with Gasteiger partial charge in [-0.05, 0) is 6.07 Å². The SMILES string of the molecule is COc1cccc2c(C3CC(=O)NCCN3)coc12. The fraction of sp³-hybridized carbons (Fsp3) is 0.357. The number of benzene rings is 1. The third-order valence-corrected chi connectivity index (χ3v) is 3.42. The lowest BCUT2D eigenvalue weighted by Crippen LogP contribution is -2.24. The Kier molecular flexibility index (Phi) is 3.13. The summed E-state index contributed by atoms with van der Waals surface area (Å²) in [6.07, 6.45) is 2.13. The zero-order valence-corrected chi connectivity index (χ0v) is 10.7. The number of hydrogen-bond donors (Lipinski definition) is 2. The zero-order chi connectivity index (χ0) is 13.2. The van der Waals surface area contributed by atoms with Crippen molar-refractivity contribution >= 4 is 16.9 Å². The Hall–Kier alpha value is -2.01. The highest BCUT2D eigenvalue weighted by atomic mass is 16.5. The summed E-state index contributed by atoms with van der Waals surface area (Å²) in [4.78, 5) is 11.6. The van der Waals surface area contributed by atoms with Gasteiger partial charge in [0.1, 0.15) is 0 Å². The number of carbonyl (C=O) groups is 1. The van der Waals surface area contributed by atoms with E-state index in [4.69, 9.17) is 9.15 Å². The lowest BCUT2D eigenvalue weighted by atomic mass is 10.0. The van der Waals surface area contributed by atoms with Gasteiger partial charge >= 0.3 is 0 Å². The number of furan rings is 1. The first kappa shape index (κ1) is 12.0. The number of fused-ring (bicyclic) bond motifs is 1. The molecule has 0 radical (unpaired) electrons.